The van der Waals surface area contributed by atoms with E-state index in [0.29, 0.717) is 10.8 Å². The summed E-state index contributed by atoms with van der Waals surface area (Å²) in [6, 6.07) is 11.3. The number of hydrogen-bond donors (Lipinski definition) is 2. The Morgan fingerprint density at radius 2 is 1.86 bits per heavy atom. The molecule has 0 aromatic heterocycles. The minimum Gasteiger partial charge on any atom is -0.392 e. The summed E-state index contributed by atoms with van der Waals surface area (Å²) in [7, 11) is 0. The van der Waals surface area contributed by atoms with Crippen molar-refractivity contribution in [2.24, 2.45) is 5.41 Å². The zero-order valence-electron chi connectivity index (χ0n) is 12.6. The number of aliphatic hydroxyl groups is 1. The summed E-state index contributed by atoms with van der Waals surface area (Å²) in [5.74, 6) is 0. The van der Waals surface area contributed by atoms with Gasteiger partial charge in [0.2, 0.25) is 0 Å². The van der Waals surface area contributed by atoms with Crippen LogP contribution < -0.4 is 5.32 Å². The maximum atomic E-state index is 10.7. The average molecular weight is 303 g/mol. The van der Waals surface area contributed by atoms with Crippen molar-refractivity contribution in [3.8, 4) is 0 Å². The first-order chi connectivity index (χ1) is 10.3. The maximum absolute atomic E-state index is 10.7. The molecule has 21 heavy (non-hydrogen) atoms. The Hall–Kier alpha value is -0.510. The van der Waals surface area contributed by atoms with Crippen molar-refractivity contribution in [2.75, 3.05) is 6.54 Å². The molecule has 1 heterocycles. The molecule has 1 aromatic rings. The second kappa shape index (κ2) is 5.29. The molecule has 0 unspecified atom stereocenters. The lowest BCUT2D eigenvalue weighted by Gasteiger charge is -2.51. The van der Waals surface area contributed by atoms with Gasteiger partial charge in [-0.3, -0.25) is 0 Å². The van der Waals surface area contributed by atoms with Gasteiger partial charge >= 0.3 is 0 Å². The van der Waals surface area contributed by atoms with E-state index in [1.165, 1.54) is 43.4 Å². The van der Waals surface area contributed by atoms with E-state index in [0.717, 1.165) is 13.0 Å². The predicted molar refractivity (Wildman–Crippen MR) is 87.6 cm³/mol. The summed E-state index contributed by atoms with van der Waals surface area (Å²) < 4.78 is 0.297. The quantitative estimate of drug-likeness (QED) is 0.875. The first-order valence-corrected chi connectivity index (χ1v) is 9.22. The third-order valence-electron chi connectivity index (χ3n) is 6.09. The van der Waals surface area contributed by atoms with Crippen molar-refractivity contribution in [3.05, 3.63) is 30.3 Å². The van der Waals surface area contributed by atoms with Gasteiger partial charge in [-0.15, -0.1) is 11.8 Å². The molecule has 2 saturated carbocycles. The van der Waals surface area contributed by atoms with E-state index in [4.69, 9.17) is 0 Å². The standard InChI is InChI=1S/C18H25NOS/c20-15-8-4-9-17(15)10-5-11-18(12-13-19-16(17)18)21-14-6-2-1-3-7-14/h1-3,6-7,15-16,19-20H,4-5,8-13H2/t15-,16-,17+,18-/m1/s1. The van der Waals surface area contributed by atoms with Gasteiger partial charge in [0.25, 0.3) is 0 Å². The molecule has 1 saturated heterocycles. The largest absolute Gasteiger partial charge is 0.392 e. The van der Waals surface area contributed by atoms with Crippen molar-refractivity contribution >= 4 is 11.8 Å². The molecular weight excluding hydrogens is 278 g/mol. The van der Waals surface area contributed by atoms with E-state index < -0.39 is 0 Å². The molecule has 2 nitrogen and oxygen atoms in total. The molecule has 3 aliphatic rings. The molecule has 1 aliphatic heterocycles. The Morgan fingerprint density at radius 1 is 1.05 bits per heavy atom. The highest BCUT2D eigenvalue weighted by atomic mass is 32.2. The molecule has 2 aliphatic carbocycles. The monoisotopic (exact) mass is 303 g/mol. The van der Waals surface area contributed by atoms with Crippen LogP contribution in [0.1, 0.15) is 44.9 Å². The van der Waals surface area contributed by atoms with Crippen molar-refractivity contribution in [1.29, 1.82) is 0 Å². The van der Waals surface area contributed by atoms with Gasteiger partial charge in [0.15, 0.2) is 0 Å². The number of fused-ring (bicyclic) bond motifs is 2. The topological polar surface area (TPSA) is 32.3 Å². The Bertz CT molecular complexity index is 507. The van der Waals surface area contributed by atoms with Crippen LogP contribution in [0.3, 0.4) is 0 Å². The molecule has 0 amide bonds. The smallest absolute Gasteiger partial charge is 0.0611 e. The van der Waals surface area contributed by atoms with Gasteiger partial charge in [-0.2, -0.15) is 0 Å². The van der Waals surface area contributed by atoms with Crippen LogP contribution in [-0.2, 0) is 0 Å². The van der Waals surface area contributed by atoms with Gasteiger partial charge in [-0.25, -0.2) is 0 Å². The lowest BCUT2D eigenvalue weighted by atomic mass is 9.63. The van der Waals surface area contributed by atoms with E-state index in [2.05, 4.69) is 47.4 Å². The number of hydrogen-bond acceptors (Lipinski definition) is 3. The van der Waals surface area contributed by atoms with Gasteiger partial charge in [0.05, 0.1) is 6.10 Å². The second-order valence-electron chi connectivity index (χ2n) is 7.11. The van der Waals surface area contributed by atoms with E-state index in [-0.39, 0.29) is 11.5 Å². The molecular formula is C18H25NOS. The number of aliphatic hydroxyl groups excluding tert-OH is 1. The summed E-state index contributed by atoms with van der Waals surface area (Å²) in [5, 5.41) is 14.5. The molecule has 0 radical (unpaired) electrons. The normalized spacial score (nSPS) is 42.3. The minimum absolute atomic E-state index is 0.0934. The van der Waals surface area contributed by atoms with Crippen LogP contribution in [0.15, 0.2) is 35.2 Å². The van der Waals surface area contributed by atoms with Gasteiger partial charge in [-0.1, -0.05) is 31.0 Å². The zero-order chi connectivity index (χ0) is 14.3. The van der Waals surface area contributed by atoms with Crippen LogP contribution in [0.5, 0.6) is 0 Å². The number of thioether (sulfide) groups is 1. The van der Waals surface area contributed by atoms with Crippen LogP contribution in [0.4, 0.5) is 0 Å². The number of benzene rings is 1. The molecule has 1 spiro atoms. The molecule has 0 bridgehead atoms. The van der Waals surface area contributed by atoms with Crippen LogP contribution >= 0.6 is 11.8 Å². The maximum Gasteiger partial charge on any atom is 0.0611 e. The molecule has 4 atom stereocenters. The Balaban J connectivity index is 1.67. The lowest BCUT2D eigenvalue weighted by molar-refractivity contribution is -0.00587. The summed E-state index contributed by atoms with van der Waals surface area (Å²) in [5.41, 5.74) is 0.149. The Kier molecular flexibility index (Phi) is 3.55. The highest BCUT2D eigenvalue weighted by molar-refractivity contribution is 8.00. The fourth-order valence-electron chi connectivity index (χ4n) is 5.21. The van der Waals surface area contributed by atoms with Crippen LogP contribution in [0.25, 0.3) is 0 Å². The van der Waals surface area contributed by atoms with Gasteiger partial charge in [-0.05, 0) is 50.8 Å². The van der Waals surface area contributed by atoms with E-state index in [1.54, 1.807) is 0 Å². The first kappa shape index (κ1) is 14.1. The van der Waals surface area contributed by atoms with Crippen LogP contribution in [-0.4, -0.2) is 28.5 Å². The summed E-state index contributed by atoms with van der Waals surface area (Å²) in [6.45, 7) is 1.11. The number of nitrogens with one attached hydrogen (secondary N) is 1. The average Bonchev–Trinajstić information content (AvgIpc) is 3.07. The van der Waals surface area contributed by atoms with Crippen molar-refractivity contribution in [3.63, 3.8) is 0 Å². The highest BCUT2D eigenvalue weighted by Gasteiger charge is 2.60. The van der Waals surface area contributed by atoms with Crippen LogP contribution in [0, 0.1) is 5.41 Å². The zero-order valence-corrected chi connectivity index (χ0v) is 13.4. The summed E-state index contributed by atoms with van der Waals surface area (Å²) >= 11 is 2.07. The van der Waals surface area contributed by atoms with E-state index in [9.17, 15) is 5.11 Å². The minimum atomic E-state index is -0.0934. The van der Waals surface area contributed by atoms with Crippen LogP contribution in [0.2, 0.25) is 0 Å². The molecule has 1 aromatic carbocycles. The Labute approximate surface area is 131 Å². The molecule has 2 N–H and O–H groups in total. The van der Waals surface area contributed by atoms with Gasteiger partial charge in [0, 0.05) is 21.1 Å². The van der Waals surface area contributed by atoms with E-state index in [1.807, 2.05) is 0 Å². The molecule has 3 fully saturated rings. The third kappa shape index (κ3) is 2.16. The van der Waals surface area contributed by atoms with E-state index >= 15 is 0 Å². The fourth-order valence-corrected chi connectivity index (χ4v) is 6.86. The lowest BCUT2D eigenvalue weighted by Crippen LogP contribution is -2.58. The SMILES string of the molecule is O[C@@H]1CCC[C@]12CCC[C@@]1(Sc3ccccc3)CCN[C@@H]12. The Morgan fingerprint density at radius 3 is 2.62 bits per heavy atom. The van der Waals surface area contributed by atoms with Crippen molar-refractivity contribution in [2.45, 2.75) is 66.7 Å². The second-order valence-corrected chi connectivity index (χ2v) is 8.60. The molecule has 4 rings (SSSR count). The molecule has 114 valence electrons. The fraction of sp³-hybridized carbons (Fsp3) is 0.667. The summed E-state index contributed by atoms with van der Waals surface area (Å²) in [6.07, 6.45) is 8.34. The summed E-state index contributed by atoms with van der Waals surface area (Å²) in [4.78, 5) is 1.38. The number of rotatable bonds is 2. The highest BCUT2D eigenvalue weighted by Crippen LogP contribution is 2.59. The molecule has 3 heteroatoms. The third-order valence-corrected chi connectivity index (χ3v) is 7.65. The van der Waals surface area contributed by atoms with Gasteiger partial charge in [0.1, 0.15) is 0 Å². The van der Waals surface area contributed by atoms with Crippen molar-refractivity contribution in [1.82, 2.24) is 5.32 Å². The first-order valence-electron chi connectivity index (χ1n) is 8.41. The van der Waals surface area contributed by atoms with Gasteiger partial charge < -0.3 is 10.4 Å². The van der Waals surface area contributed by atoms with Crippen molar-refractivity contribution < 1.29 is 5.11 Å². The predicted octanol–water partition coefficient (Wildman–Crippen LogP) is 3.59.